The van der Waals surface area contributed by atoms with Crippen LogP contribution in [-0.4, -0.2) is 69.1 Å². The number of fused-ring (bicyclic) bond motifs is 2. The molecule has 2 bridgehead atoms. The van der Waals surface area contributed by atoms with Crippen LogP contribution in [0.1, 0.15) is 31.7 Å². The van der Waals surface area contributed by atoms with Crippen molar-refractivity contribution in [3.05, 3.63) is 104 Å². The van der Waals surface area contributed by atoms with Crippen molar-refractivity contribution in [2.75, 3.05) is 24.7 Å². The molecule has 1 spiro atoms. The summed E-state index contributed by atoms with van der Waals surface area (Å²) in [4.78, 5) is 46.8. The highest BCUT2D eigenvalue weighted by Gasteiger charge is 2.78. The van der Waals surface area contributed by atoms with Gasteiger partial charge in [0.1, 0.15) is 6.04 Å². The number of amides is 2. The Hall–Kier alpha value is -3.88. The molecule has 3 aromatic rings. The van der Waals surface area contributed by atoms with Crippen molar-refractivity contribution in [2.45, 2.75) is 54.2 Å². The maximum atomic E-state index is 15.1. The molecule has 0 aromatic heterocycles. The van der Waals surface area contributed by atoms with E-state index in [1.165, 1.54) is 0 Å². The molecular formula is C37H40N2O5S. The van der Waals surface area contributed by atoms with E-state index in [1.807, 2.05) is 79.7 Å². The van der Waals surface area contributed by atoms with Crippen LogP contribution in [0.3, 0.4) is 0 Å². The second kappa shape index (κ2) is 12.5. The lowest BCUT2D eigenvalue weighted by atomic mass is 9.66. The number of hydrogen-bond donors (Lipinski definition) is 1. The quantitative estimate of drug-likeness (QED) is 0.161. The molecule has 8 heteroatoms. The number of benzene rings is 3. The van der Waals surface area contributed by atoms with Crippen LogP contribution < -0.4 is 4.90 Å². The fourth-order valence-corrected chi connectivity index (χ4v) is 10.1. The van der Waals surface area contributed by atoms with E-state index < -0.39 is 39.4 Å². The van der Waals surface area contributed by atoms with Gasteiger partial charge in [0.05, 0.1) is 35.8 Å². The van der Waals surface area contributed by atoms with E-state index in [1.54, 1.807) is 33.7 Å². The molecule has 234 valence electrons. The maximum absolute atomic E-state index is 15.1. The summed E-state index contributed by atoms with van der Waals surface area (Å²) in [5.74, 6) is -2.33. The molecular weight excluding hydrogens is 584 g/mol. The van der Waals surface area contributed by atoms with E-state index >= 15 is 4.79 Å². The van der Waals surface area contributed by atoms with Gasteiger partial charge >= 0.3 is 5.97 Å². The number of ether oxygens (including phenoxy) is 1. The van der Waals surface area contributed by atoms with Gasteiger partial charge in [0.25, 0.3) is 5.91 Å². The fraction of sp³-hybridized carbons (Fsp3) is 0.378. The zero-order valence-corrected chi connectivity index (χ0v) is 26.5. The molecule has 2 unspecified atom stereocenters. The van der Waals surface area contributed by atoms with Crippen LogP contribution in [0, 0.1) is 11.8 Å². The van der Waals surface area contributed by atoms with Crippen LogP contribution >= 0.6 is 11.8 Å². The number of hydrogen-bond acceptors (Lipinski definition) is 6. The Kier molecular flexibility index (Phi) is 8.63. The van der Waals surface area contributed by atoms with Crippen molar-refractivity contribution >= 4 is 46.0 Å². The lowest BCUT2D eigenvalue weighted by Crippen LogP contribution is -2.58. The number of nitrogens with zero attached hydrogens (tertiary/aromatic N) is 2. The third-order valence-electron chi connectivity index (χ3n) is 9.81. The van der Waals surface area contributed by atoms with Crippen LogP contribution in [0.2, 0.25) is 0 Å². The smallest absolute Gasteiger partial charge is 0.311 e. The molecule has 6 atom stereocenters. The molecule has 2 amide bonds. The zero-order valence-electron chi connectivity index (χ0n) is 25.6. The van der Waals surface area contributed by atoms with Gasteiger partial charge in [-0.3, -0.25) is 14.4 Å². The molecule has 3 aromatic carbocycles. The molecule has 1 N–H and O–H groups in total. The fourth-order valence-electron chi connectivity index (χ4n) is 7.81. The van der Waals surface area contributed by atoms with Crippen molar-refractivity contribution < 1.29 is 24.2 Å². The van der Waals surface area contributed by atoms with Crippen molar-refractivity contribution in [1.29, 1.82) is 0 Å². The Bertz CT molecular complexity index is 1630. The minimum Gasteiger partial charge on any atom is -0.465 e. The third kappa shape index (κ3) is 5.28. The average molecular weight is 625 g/mol. The molecule has 3 fully saturated rings. The monoisotopic (exact) mass is 624 g/mol. The first-order valence-electron chi connectivity index (χ1n) is 15.6. The predicted octanol–water partition coefficient (Wildman–Crippen LogP) is 5.56. The molecule has 6 rings (SSSR count). The number of thioether (sulfide) groups is 1. The Morgan fingerprint density at radius 3 is 2.51 bits per heavy atom. The third-order valence-corrected chi connectivity index (χ3v) is 11.8. The lowest BCUT2D eigenvalue weighted by molar-refractivity contribution is -0.156. The van der Waals surface area contributed by atoms with Crippen LogP contribution in [0.5, 0.6) is 0 Å². The summed E-state index contributed by atoms with van der Waals surface area (Å²) in [5, 5.41) is 12.9. The molecule has 3 aliphatic rings. The molecule has 3 aliphatic heterocycles. The largest absolute Gasteiger partial charge is 0.465 e. The van der Waals surface area contributed by atoms with Gasteiger partial charge in [-0.2, -0.15) is 0 Å². The number of aliphatic hydroxyl groups excluding tert-OH is 1. The highest BCUT2D eigenvalue weighted by atomic mass is 32.2. The highest BCUT2D eigenvalue weighted by Crippen LogP contribution is 2.72. The minimum absolute atomic E-state index is 0.196. The first-order valence-corrected chi connectivity index (χ1v) is 16.5. The SMILES string of the molecule is C=CCCOC(=O)[C@H]1[C@H]2C(=O)N([C@@H](CO)Cc3ccccc3)C(C(=O)N(CC=C)c3ccc4ccccc4c3)C23CC[C@]1(C)S3. The molecule has 0 aliphatic carbocycles. The van der Waals surface area contributed by atoms with Crippen molar-refractivity contribution in [1.82, 2.24) is 4.90 Å². The molecule has 3 heterocycles. The van der Waals surface area contributed by atoms with E-state index in [0.717, 1.165) is 16.3 Å². The Morgan fingerprint density at radius 1 is 1.07 bits per heavy atom. The van der Waals surface area contributed by atoms with Crippen LogP contribution in [0.25, 0.3) is 10.8 Å². The van der Waals surface area contributed by atoms with Gasteiger partial charge < -0.3 is 19.6 Å². The Morgan fingerprint density at radius 2 is 1.80 bits per heavy atom. The van der Waals surface area contributed by atoms with E-state index in [9.17, 15) is 14.7 Å². The van der Waals surface area contributed by atoms with E-state index in [4.69, 9.17) is 4.74 Å². The van der Waals surface area contributed by atoms with Crippen LogP contribution in [0.4, 0.5) is 5.69 Å². The van der Waals surface area contributed by atoms with Gasteiger partial charge in [0.2, 0.25) is 5.91 Å². The number of esters is 1. The summed E-state index contributed by atoms with van der Waals surface area (Å²) in [7, 11) is 0. The summed E-state index contributed by atoms with van der Waals surface area (Å²) in [6.45, 7) is 9.81. The van der Waals surface area contributed by atoms with Crippen LogP contribution in [-0.2, 0) is 25.5 Å². The second-order valence-electron chi connectivity index (χ2n) is 12.5. The number of carbonyl (C=O) groups is 3. The number of anilines is 1. The van der Waals surface area contributed by atoms with E-state index in [-0.39, 0.29) is 31.6 Å². The maximum Gasteiger partial charge on any atom is 0.311 e. The lowest BCUT2D eigenvalue weighted by Gasteiger charge is -2.39. The molecule has 7 nitrogen and oxygen atoms in total. The summed E-state index contributed by atoms with van der Waals surface area (Å²) in [6, 6.07) is 22.0. The second-order valence-corrected chi connectivity index (χ2v) is 14.4. The molecule has 0 saturated carbocycles. The normalized spacial score (nSPS) is 27.3. The minimum atomic E-state index is -0.889. The summed E-state index contributed by atoms with van der Waals surface area (Å²) in [6.07, 6.45) is 5.57. The Balaban J connectivity index is 1.45. The predicted molar refractivity (Wildman–Crippen MR) is 179 cm³/mol. The summed E-state index contributed by atoms with van der Waals surface area (Å²) < 4.78 is 4.31. The Labute approximate surface area is 268 Å². The van der Waals surface area contributed by atoms with E-state index in [2.05, 4.69) is 13.2 Å². The first kappa shape index (κ1) is 31.1. The van der Waals surface area contributed by atoms with Gasteiger partial charge in [0, 0.05) is 17.0 Å². The molecule has 45 heavy (non-hydrogen) atoms. The van der Waals surface area contributed by atoms with Crippen molar-refractivity contribution in [2.24, 2.45) is 11.8 Å². The topological polar surface area (TPSA) is 87.1 Å². The van der Waals surface area contributed by atoms with Crippen LogP contribution in [0.15, 0.2) is 98.1 Å². The van der Waals surface area contributed by atoms with Gasteiger partial charge in [-0.05, 0) is 61.1 Å². The number of rotatable bonds is 12. The summed E-state index contributed by atoms with van der Waals surface area (Å²) >= 11 is 1.60. The first-order chi connectivity index (χ1) is 21.8. The zero-order chi connectivity index (χ0) is 31.8. The van der Waals surface area contributed by atoms with Gasteiger partial charge in [0.15, 0.2) is 0 Å². The summed E-state index contributed by atoms with van der Waals surface area (Å²) in [5.41, 5.74) is 1.66. The highest BCUT2D eigenvalue weighted by molar-refractivity contribution is 8.02. The van der Waals surface area contributed by atoms with Crippen molar-refractivity contribution in [3.63, 3.8) is 0 Å². The number of likely N-dealkylation sites (tertiary alicyclic amines) is 1. The van der Waals surface area contributed by atoms with Crippen molar-refractivity contribution in [3.8, 4) is 0 Å². The van der Waals surface area contributed by atoms with E-state index in [0.29, 0.717) is 31.4 Å². The van der Waals surface area contributed by atoms with Gasteiger partial charge in [-0.1, -0.05) is 72.8 Å². The molecule has 3 saturated heterocycles. The average Bonchev–Trinajstić information content (AvgIpc) is 3.63. The standard InChI is InChI=1S/C37H40N2O5S/c1-4-6-21-44-35(43)31-30-33(41)39(29(24-40)22-25-12-8-7-9-13-25)32(37(30)19-18-36(31,3)45-37)34(42)38(20-5-2)28-17-16-26-14-10-11-15-27(26)23-28/h4-5,7-17,23,29-32,40H,1-2,6,18-22,24H2,3H3/t29-,30+,31-,32?,36+,37?/m1/s1. The number of aliphatic hydroxyl groups is 1. The van der Waals surface area contributed by atoms with Gasteiger partial charge in [-0.25, -0.2) is 0 Å². The molecule has 0 radical (unpaired) electrons. The number of carbonyl (C=O) groups excluding carboxylic acids is 3. The van der Waals surface area contributed by atoms with Gasteiger partial charge in [-0.15, -0.1) is 24.9 Å².